The van der Waals surface area contributed by atoms with Crippen molar-refractivity contribution in [2.45, 2.75) is 4.90 Å². The Morgan fingerprint density at radius 1 is 0.774 bits per heavy atom. The summed E-state index contributed by atoms with van der Waals surface area (Å²) in [5.41, 5.74) is -0.922. The number of rotatable bonds is 7. The lowest BCUT2D eigenvalue weighted by Gasteiger charge is -2.09. The van der Waals surface area contributed by atoms with Crippen molar-refractivity contribution in [2.75, 3.05) is 10.0 Å². The largest absolute Gasteiger partial charge is 0.322 e. The lowest BCUT2D eigenvalue weighted by molar-refractivity contribution is -0.394. The van der Waals surface area contributed by atoms with Gasteiger partial charge in [-0.2, -0.15) is 0 Å². The predicted molar refractivity (Wildman–Crippen MR) is 111 cm³/mol. The molecule has 0 atom stereocenters. The Morgan fingerprint density at radius 2 is 1.32 bits per heavy atom. The molecule has 0 fully saturated rings. The van der Waals surface area contributed by atoms with Crippen molar-refractivity contribution in [1.29, 1.82) is 0 Å². The van der Waals surface area contributed by atoms with Crippen LogP contribution in [0.25, 0.3) is 0 Å². The van der Waals surface area contributed by atoms with Crippen molar-refractivity contribution >= 4 is 38.7 Å². The first-order chi connectivity index (χ1) is 14.7. The lowest BCUT2D eigenvalue weighted by atomic mass is 10.1. The van der Waals surface area contributed by atoms with Crippen LogP contribution in [0.4, 0.5) is 22.7 Å². The molecule has 0 saturated carbocycles. The second-order valence-corrected chi connectivity index (χ2v) is 7.88. The van der Waals surface area contributed by atoms with E-state index in [2.05, 4.69) is 10.0 Å². The molecule has 0 saturated heterocycles. The first-order valence-corrected chi connectivity index (χ1v) is 10.1. The molecule has 31 heavy (non-hydrogen) atoms. The molecule has 0 heterocycles. The number of nitrogens with zero attached hydrogens (tertiary/aromatic N) is 2. The van der Waals surface area contributed by atoms with Gasteiger partial charge in [-0.05, 0) is 36.4 Å². The van der Waals surface area contributed by atoms with Gasteiger partial charge in [-0.25, -0.2) is 8.42 Å². The third kappa shape index (κ3) is 5.19. The molecule has 11 nitrogen and oxygen atoms in total. The van der Waals surface area contributed by atoms with E-state index in [1.807, 2.05) is 0 Å². The molecule has 3 aromatic carbocycles. The van der Waals surface area contributed by atoms with E-state index >= 15 is 0 Å². The van der Waals surface area contributed by atoms with Crippen LogP contribution in [-0.2, 0) is 10.0 Å². The number of hydrogen-bond donors (Lipinski definition) is 2. The maximum Gasteiger partial charge on any atom is 0.277 e. The van der Waals surface area contributed by atoms with Gasteiger partial charge in [-0.3, -0.25) is 29.7 Å². The minimum absolute atomic E-state index is 0.0552. The zero-order valence-electron chi connectivity index (χ0n) is 15.6. The van der Waals surface area contributed by atoms with E-state index in [9.17, 15) is 33.4 Å². The number of carbonyl (C=O) groups is 1. The van der Waals surface area contributed by atoms with E-state index in [0.29, 0.717) is 5.69 Å². The Balaban J connectivity index is 1.79. The zero-order valence-corrected chi connectivity index (χ0v) is 16.4. The fourth-order valence-corrected chi connectivity index (χ4v) is 3.64. The maximum absolute atomic E-state index is 12.4. The average Bonchev–Trinajstić information content (AvgIpc) is 2.74. The van der Waals surface area contributed by atoms with Gasteiger partial charge >= 0.3 is 0 Å². The number of nitro benzene ring substituents is 2. The topological polar surface area (TPSA) is 162 Å². The molecule has 0 unspecified atom stereocenters. The van der Waals surface area contributed by atoms with Gasteiger partial charge in [0.1, 0.15) is 0 Å². The van der Waals surface area contributed by atoms with Gasteiger partial charge in [0.2, 0.25) is 0 Å². The third-order valence-electron chi connectivity index (χ3n) is 4.03. The summed E-state index contributed by atoms with van der Waals surface area (Å²) >= 11 is 0. The number of anilines is 2. The zero-order chi connectivity index (χ0) is 22.6. The van der Waals surface area contributed by atoms with Crippen LogP contribution in [0.3, 0.4) is 0 Å². The SMILES string of the molecule is O=C(Nc1ccc(S(=O)(=O)Nc2ccccc2)cc1)c1cc([N+](=O)[O-])cc([N+](=O)[O-])c1. The standard InChI is InChI=1S/C19H14N4O7S/c24-19(13-10-16(22(25)26)12-17(11-13)23(27)28)20-14-6-8-18(9-7-14)31(29,30)21-15-4-2-1-3-5-15/h1-12,21H,(H,20,24). The molecule has 0 aromatic heterocycles. The highest BCUT2D eigenvalue weighted by Gasteiger charge is 2.20. The summed E-state index contributed by atoms with van der Waals surface area (Å²) in [6.07, 6.45) is 0. The normalized spacial score (nSPS) is 10.8. The Kier molecular flexibility index (Phi) is 5.93. The number of carbonyl (C=O) groups excluding carboxylic acids is 1. The molecular formula is C19H14N4O7S. The van der Waals surface area contributed by atoms with Crippen molar-refractivity contribution < 1.29 is 23.1 Å². The van der Waals surface area contributed by atoms with Crippen molar-refractivity contribution in [3.05, 3.63) is 98.6 Å². The number of hydrogen-bond acceptors (Lipinski definition) is 7. The van der Waals surface area contributed by atoms with Crippen LogP contribution < -0.4 is 10.0 Å². The van der Waals surface area contributed by atoms with Crippen LogP contribution in [0, 0.1) is 20.2 Å². The van der Waals surface area contributed by atoms with E-state index in [1.165, 1.54) is 24.3 Å². The van der Waals surface area contributed by atoms with Gasteiger partial charge in [0, 0.05) is 23.5 Å². The smallest absolute Gasteiger partial charge is 0.277 e. The Morgan fingerprint density at radius 3 is 1.84 bits per heavy atom. The number of non-ortho nitro benzene ring substituents is 2. The summed E-state index contributed by atoms with van der Waals surface area (Å²) in [6, 6.07) is 16.0. The molecule has 0 aliphatic carbocycles. The average molecular weight is 442 g/mol. The molecule has 0 radical (unpaired) electrons. The van der Waals surface area contributed by atoms with Gasteiger partial charge in [-0.15, -0.1) is 0 Å². The second-order valence-electron chi connectivity index (χ2n) is 6.20. The van der Waals surface area contributed by atoms with Crippen molar-refractivity contribution in [3.8, 4) is 0 Å². The highest BCUT2D eigenvalue weighted by molar-refractivity contribution is 7.92. The van der Waals surface area contributed by atoms with Crippen molar-refractivity contribution in [1.82, 2.24) is 0 Å². The summed E-state index contributed by atoms with van der Waals surface area (Å²) in [6.45, 7) is 0. The van der Waals surface area contributed by atoms with E-state index in [-0.39, 0.29) is 16.1 Å². The maximum atomic E-state index is 12.4. The first kappa shape index (κ1) is 21.4. The molecular weight excluding hydrogens is 428 g/mol. The molecule has 0 aliphatic heterocycles. The van der Waals surface area contributed by atoms with Gasteiger partial charge in [-0.1, -0.05) is 18.2 Å². The van der Waals surface area contributed by atoms with E-state index < -0.39 is 37.2 Å². The quantitative estimate of drug-likeness (QED) is 0.417. The van der Waals surface area contributed by atoms with Gasteiger partial charge in [0.15, 0.2) is 0 Å². The number of sulfonamides is 1. The van der Waals surface area contributed by atoms with Crippen LogP contribution in [-0.4, -0.2) is 24.2 Å². The van der Waals surface area contributed by atoms with E-state index in [4.69, 9.17) is 0 Å². The van der Waals surface area contributed by atoms with E-state index in [0.717, 1.165) is 18.2 Å². The highest BCUT2D eigenvalue weighted by atomic mass is 32.2. The Labute approximate surface area is 175 Å². The third-order valence-corrected chi connectivity index (χ3v) is 5.43. The second kappa shape index (κ2) is 8.59. The summed E-state index contributed by atoms with van der Waals surface area (Å²) in [5, 5.41) is 24.3. The number of benzene rings is 3. The minimum Gasteiger partial charge on any atom is -0.322 e. The predicted octanol–water partition coefficient (Wildman–Crippen LogP) is 3.56. The van der Waals surface area contributed by atoms with Crippen molar-refractivity contribution in [2.24, 2.45) is 0 Å². The molecule has 2 N–H and O–H groups in total. The monoisotopic (exact) mass is 442 g/mol. The summed E-state index contributed by atoms with van der Waals surface area (Å²) in [7, 11) is -3.85. The highest BCUT2D eigenvalue weighted by Crippen LogP contribution is 2.24. The summed E-state index contributed by atoms with van der Waals surface area (Å²) in [5.74, 6) is -0.829. The first-order valence-electron chi connectivity index (χ1n) is 8.59. The number of amides is 1. The summed E-state index contributed by atoms with van der Waals surface area (Å²) in [4.78, 5) is 32.6. The number of nitrogens with one attached hydrogen (secondary N) is 2. The minimum atomic E-state index is -3.85. The molecule has 1 amide bonds. The number of para-hydroxylation sites is 1. The van der Waals surface area contributed by atoms with Crippen LogP contribution >= 0.6 is 0 Å². The lowest BCUT2D eigenvalue weighted by Crippen LogP contribution is -2.14. The van der Waals surface area contributed by atoms with Crippen LogP contribution in [0.2, 0.25) is 0 Å². The van der Waals surface area contributed by atoms with Gasteiger partial charge < -0.3 is 5.32 Å². The van der Waals surface area contributed by atoms with Gasteiger partial charge in [0.25, 0.3) is 27.3 Å². The summed E-state index contributed by atoms with van der Waals surface area (Å²) < 4.78 is 27.3. The van der Waals surface area contributed by atoms with Crippen LogP contribution in [0.1, 0.15) is 10.4 Å². The van der Waals surface area contributed by atoms with Crippen LogP contribution in [0.5, 0.6) is 0 Å². The van der Waals surface area contributed by atoms with Crippen molar-refractivity contribution in [3.63, 3.8) is 0 Å². The Bertz CT molecular complexity index is 1230. The van der Waals surface area contributed by atoms with E-state index in [1.54, 1.807) is 30.3 Å². The fourth-order valence-electron chi connectivity index (χ4n) is 2.58. The van der Waals surface area contributed by atoms with Crippen LogP contribution in [0.15, 0.2) is 77.7 Å². The fraction of sp³-hybridized carbons (Fsp3) is 0. The molecule has 3 aromatic rings. The molecule has 0 aliphatic rings. The molecule has 158 valence electrons. The molecule has 12 heteroatoms. The number of nitro groups is 2. The Hall–Kier alpha value is -4.32. The van der Waals surface area contributed by atoms with Gasteiger partial charge in [0.05, 0.1) is 26.4 Å². The molecule has 0 spiro atoms. The molecule has 0 bridgehead atoms. The molecule has 3 rings (SSSR count).